The van der Waals surface area contributed by atoms with Crippen molar-refractivity contribution >= 4 is 15.0 Å². The van der Waals surface area contributed by atoms with E-state index < -0.39 is 0 Å². The van der Waals surface area contributed by atoms with Gasteiger partial charge in [0, 0.05) is 10.7 Å². The zero-order valence-electron chi connectivity index (χ0n) is 15.7. The summed E-state index contributed by atoms with van der Waals surface area (Å²) in [6, 6.07) is 4.58. The van der Waals surface area contributed by atoms with Crippen molar-refractivity contribution in [1.82, 2.24) is 0 Å². The average Bonchev–Trinajstić information content (AvgIpc) is 2.92. The van der Waals surface area contributed by atoms with E-state index in [-0.39, 0.29) is 5.16 Å². The fourth-order valence-electron chi connectivity index (χ4n) is 3.70. The summed E-state index contributed by atoms with van der Waals surface area (Å²) in [4.78, 5) is 13.5. The molecule has 0 aromatic heterocycles. The molecule has 1 fully saturated rings. The molecule has 0 bridgehead atoms. The fourth-order valence-corrected chi connectivity index (χ4v) is 4.25. The third kappa shape index (κ3) is 3.71. The molecule has 1 saturated carbocycles. The van der Waals surface area contributed by atoms with Crippen LogP contribution in [0.1, 0.15) is 112 Å². The van der Waals surface area contributed by atoms with Crippen LogP contribution < -0.4 is 0 Å². The van der Waals surface area contributed by atoms with Crippen molar-refractivity contribution in [3.63, 3.8) is 0 Å². The quantitative estimate of drug-likeness (QED) is 0.448. The van der Waals surface area contributed by atoms with Crippen molar-refractivity contribution < 1.29 is 4.79 Å². The molecular weight excluding hydrogens is 299 g/mol. The Morgan fingerprint density at radius 1 is 0.913 bits per heavy atom. The largest absolute Gasteiger partial charge is 0.293 e. The predicted octanol–water partition coefficient (Wildman–Crippen LogP) is 6.43. The van der Waals surface area contributed by atoms with Gasteiger partial charge >= 0.3 is 0 Å². The van der Waals surface area contributed by atoms with Crippen LogP contribution in [0.3, 0.4) is 0 Å². The molecule has 0 aliphatic heterocycles. The van der Waals surface area contributed by atoms with E-state index in [1.807, 2.05) is 0 Å². The number of carbonyl (C=O) groups excluding carboxylic acids is 1. The first-order valence-corrected chi connectivity index (χ1v) is 9.76. The van der Waals surface area contributed by atoms with Gasteiger partial charge in [-0.05, 0) is 47.3 Å². The Labute approximate surface area is 144 Å². The highest BCUT2D eigenvalue weighted by Crippen LogP contribution is 2.43. The Kier molecular flexibility index (Phi) is 5.72. The monoisotopic (exact) mass is 332 g/mol. The molecule has 1 aliphatic rings. The Balaban J connectivity index is 2.66. The van der Waals surface area contributed by atoms with Gasteiger partial charge < -0.3 is 0 Å². The van der Waals surface area contributed by atoms with Crippen molar-refractivity contribution in [2.75, 3.05) is 0 Å². The molecule has 128 valence electrons. The van der Waals surface area contributed by atoms with Crippen LogP contribution >= 0.6 is 9.24 Å². The lowest BCUT2D eigenvalue weighted by Gasteiger charge is -2.28. The summed E-state index contributed by atoms with van der Waals surface area (Å²) in [6.45, 7) is 13.3. The molecule has 1 aliphatic carbocycles. The molecule has 0 spiro atoms. The highest BCUT2D eigenvalue weighted by Gasteiger charge is 2.39. The number of hydrogen-bond acceptors (Lipinski definition) is 1. The van der Waals surface area contributed by atoms with Crippen molar-refractivity contribution in [2.45, 2.75) is 90.1 Å². The molecular formula is C21H33OP. The minimum atomic E-state index is -0.230. The number of carbonyl (C=O) groups is 1. The van der Waals surface area contributed by atoms with E-state index in [9.17, 15) is 4.79 Å². The van der Waals surface area contributed by atoms with Gasteiger partial charge in [0.25, 0.3) is 0 Å². The highest BCUT2D eigenvalue weighted by atomic mass is 31.0. The van der Waals surface area contributed by atoms with Crippen LogP contribution in [0.4, 0.5) is 0 Å². The minimum absolute atomic E-state index is 0.230. The summed E-state index contributed by atoms with van der Waals surface area (Å²) in [6.07, 6.45) is 4.37. The lowest BCUT2D eigenvalue weighted by molar-refractivity contribution is 0.0941. The molecule has 0 radical (unpaired) electrons. The van der Waals surface area contributed by atoms with Crippen molar-refractivity contribution in [2.24, 2.45) is 0 Å². The number of ketones is 1. The summed E-state index contributed by atoms with van der Waals surface area (Å²) < 4.78 is 0. The van der Waals surface area contributed by atoms with E-state index in [2.05, 4.69) is 62.9 Å². The molecule has 2 rings (SSSR count). The van der Waals surface area contributed by atoms with Crippen LogP contribution in [0, 0.1) is 0 Å². The molecule has 2 heteroatoms. The molecule has 0 N–H and O–H groups in total. The molecule has 0 heterocycles. The first kappa shape index (κ1) is 18.7. The van der Waals surface area contributed by atoms with Crippen molar-refractivity contribution in [3.8, 4) is 0 Å². The first-order valence-electron chi connectivity index (χ1n) is 9.18. The molecule has 0 amide bonds. The molecule has 0 saturated heterocycles. The summed E-state index contributed by atoms with van der Waals surface area (Å²) in [5.74, 6) is 1.61. The van der Waals surface area contributed by atoms with E-state index in [4.69, 9.17) is 0 Å². The fraction of sp³-hybridized carbons (Fsp3) is 0.667. The zero-order chi connectivity index (χ0) is 17.4. The smallest absolute Gasteiger partial charge is 0.173 e. The molecule has 1 aromatic carbocycles. The lowest BCUT2D eigenvalue weighted by Crippen LogP contribution is -2.31. The molecule has 1 aromatic rings. The standard InChI is InChI=1S/C21H33OP/c1-13(2)16-11-17(14(3)4)19(18(12-16)15(5)6)20(22)21(23)9-7-8-10-21/h11-15H,7-10,23H2,1-6H3. The van der Waals surface area contributed by atoms with Gasteiger partial charge in [0.15, 0.2) is 5.78 Å². The molecule has 23 heavy (non-hydrogen) atoms. The highest BCUT2D eigenvalue weighted by molar-refractivity contribution is 7.21. The van der Waals surface area contributed by atoms with E-state index in [0.29, 0.717) is 23.5 Å². The van der Waals surface area contributed by atoms with Crippen LogP contribution in [0.25, 0.3) is 0 Å². The SMILES string of the molecule is CC(C)c1cc(C(C)C)c(C(=O)C2(P)CCCC2)c(C(C)C)c1. The van der Waals surface area contributed by atoms with E-state index >= 15 is 0 Å². The molecule has 1 atom stereocenters. The first-order chi connectivity index (χ1) is 10.7. The second-order valence-corrected chi connectivity index (χ2v) is 9.34. The van der Waals surface area contributed by atoms with Gasteiger partial charge in [0.05, 0.1) is 0 Å². The van der Waals surface area contributed by atoms with Crippen LogP contribution in [-0.2, 0) is 0 Å². The van der Waals surface area contributed by atoms with Crippen molar-refractivity contribution in [1.29, 1.82) is 0 Å². The number of hydrogen-bond donors (Lipinski definition) is 0. The zero-order valence-corrected chi connectivity index (χ0v) is 16.9. The van der Waals surface area contributed by atoms with E-state index in [1.54, 1.807) is 0 Å². The topological polar surface area (TPSA) is 17.1 Å². The maximum atomic E-state index is 13.5. The normalized spacial score (nSPS) is 17.5. The van der Waals surface area contributed by atoms with Crippen LogP contribution in [0.15, 0.2) is 12.1 Å². The summed E-state index contributed by atoms with van der Waals surface area (Å²) in [7, 11) is 2.91. The third-order valence-electron chi connectivity index (χ3n) is 5.31. The minimum Gasteiger partial charge on any atom is -0.293 e. The molecule has 1 nitrogen and oxygen atoms in total. The maximum absolute atomic E-state index is 13.5. The van der Waals surface area contributed by atoms with Gasteiger partial charge in [0.2, 0.25) is 0 Å². The Hall–Kier alpha value is -0.680. The maximum Gasteiger partial charge on any atom is 0.173 e. The van der Waals surface area contributed by atoms with Crippen molar-refractivity contribution in [3.05, 3.63) is 34.4 Å². The van der Waals surface area contributed by atoms with Gasteiger partial charge in [-0.2, -0.15) is 0 Å². The van der Waals surface area contributed by atoms with E-state index in [0.717, 1.165) is 18.4 Å². The van der Waals surface area contributed by atoms with E-state index in [1.165, 1.54) is 29.5 Å². The third-order valence-corrected chi connectivity index (χ3v) is 6.15. The second-order valence-electron chi connectivity index (χ2n) is 8.23. The Morgan fingerprint density at radius 3 is 1.70 bits per heavy atom. The number of Topliss-reactive ketones (excluding diaryl/α,β-unsaturated/α-hetero) is 1. The van der Waals surface area contributed by atoms with Gasteiger partial charge in [-0.15, -0.1) is 9.24 Å². The average molecular weight is 332 g/mol. The number of benzene rings is 1. The van der Waals surface area contributed by atoms with Crippen LogP contribution in [0.2, 0.25) is 0 Å². The van der Waals surface area contributed by atoms with Gasteiger partial charge in [-0.25, -0.2) is 0 Å². The summed E-state index contributed by atoms with van der Waals surface area (Å²) in [5, 5.41) is -0.230. The Morgan fingerprint density at radius 2 is 1.35 bits per heavy atom. The number of rotatable bonds is 5. The van der Waals surface area contributed by atoms with Gasteiger partial charge in [-0.1, -0.05) is 66.5 Å². The predicted molar refractivity (Wildman–Crippen MR) is 104 cm³/mol. The van der Waals surface area contributed by atoms with Gasteiger partial charge in [-0.3, -0.25) is 4.79 Å². The van der Waals surface area contributed by atoms with Gasteiger partial charge in [0.1, 0.15) is 0 Å². The lowest BCUT2D eigenvalue weighted by atomic mass is 9.80. The van der Waals surface area contributed by atoms with Crippen LogP contribution in [-0.4, -0.2) is 10.9 Å². The Bertz CT molecular complexity index is 548. The summed E-state index contributed by atoms with van der Waals surface area (Å²) in [5.41, 5.74) is 4.88. The second kappa shape index (κ2) is 7.06. The van der Waals surface area contributed by atoms with Crippen LogP contribution in [0.5, 0.6) is 0 Å². The summed E-state index contributed by atoms with van der Waals surface area (Å²) >= 11 is 0. The molecule has 1 unspecified atom stereocenters.